The van der Waals surface area contributed by atoms with E-state index >= 15 is 0 Å². The molecule has 0 fully saturated rings. The van der Waals surface area contributed by atoms with Crippen LogP contribution in [-0.4, -0.2) is 20.8 Å². The molecule has 0 spiro atoms. The summed E-state index contributed by atoms with van der Waals surface area (Å²) in [5.41, 5.74) is 0.561. The van der Waals surface area contributed by atoms with Crippen molar-refractivity contribution in [3.63, 3.8) is 0 Å². The number of sulfonamides is 1. The standard InChI is InChI=1S/C11H17NO3S/c1-3-9-15-11-7-5-10(6-8-11)12-16(13,14)4-2/h5-8,12H,3-4,9H2,1-2H3. The van der Waals surface area contributed by atoms with Crippen molar-refractivity contribution in [2.24, 2.45) is 0 Å². The highest BCUT2D eigenvalue weighted by Crippen LogP contribution is 2.16. The molecule has 1 aromatic carbocycles. The van der Waals surface area contributed by atoms with Crippen molar-refractivity contribution in [1.82, 2.24) is 0 Å². The normalized spacial score (nSPS) is 11.1. The number of hydrogen-bond donors (Lipinski definition) is 1. The monoisotopic (exact) mass is 243 g/mol. The molecule has 4 nitrogen and oxygen atoms in total. The fraction of sp³-hybridized carbons (Fsp3) is 0.455. The van der Waals surface area contributed by atoms with Crippen LogP contribution in [0.15, 0.2) is 24.3 Å². The lowest BCUT2D eigenvalue weighted by Crippen LogP contribution is -2.14. The zero-order valence-corrected chi connectivity index (χ0v) is 10.4. The first kappa shape index (κ1) is 12.8. The van der Waals surface area contributed by atoms with Gasteiger partial charge in [-0.15, -0.1) is 0 Å². The maximum absolute atomic E-state index is 11.3. The van der Waals surface area contributed by atoms with Crippen molar-refractivity contribution in [3.8, 4) is 5.75 Å². The second kappa shape index (κ2) is 5.75. The van der Waals surface area contributed by atoms with Gasteiger partial charge in [0.15, 0.2) is 0 Å². The molecule has 0 aliphatic carbocycles. The van der Waals surface area contributed by atoms with Crippen LogP contribution in [0.4, 0.5) is 5.69 Å². The first-order valence-electron chi connectivity index (χ1n) is 5.30. The van der Waals surface area contributed by atoms with Gasteiger partial charge in [0, 0.05) is 5.69 Å². The molecule has 0 heterocycles. The molecular weight excluding hydrogens is 226 g/mol. The van der Waals surface area contributed by atoms with E-state index in [1.54, 1.807) is 31.2 Å². The van der Waals surface area contributed by atoms with Crippen molar-refractivity contribution in [2.45, 2.75) is 20.3 Å². The van der Waals surface area contributed by atoms with Gasteiger partial charge in [0.1, 0.15) is 5.75 Å². The summed E-state index contributed by atoms with van der Waals surface area (Å²) in [5.74, 6) is 0.822. The summed E-state index contributed by atoms with van der Waals surface area (Å²) in [7, 11) is -3.19. The first-order valence-corrected chi connectivity index (χ1v) is 6.96. The van der Waals surface area contributed by atoms with Crippen molar-refractivity contribution >= 4 is 15.7 Å². The van der Waals surface area contributed by atoms with E-state index in [4.69, 9.17) is 4.74 Å². The molecule has 0 aliphatic heterocycles. The summed E-state index contributed by atoms with van der Waals surface area (Å²) in [6.45, 7) is 4.30. The summed E-state index contributed by atoms with van der Waals surface area (Å²) in [5, 5.41) is 0. The Morgan fingerprint density at radius 1 is 1.19 bits per heavy atom. The summed E-state index contributed by atoms with van der Waals surface area (Å²) in [4.78, 5) is 0. The predicted octanol–water partition coefficient (Wildman–Crippen LogP) is 2.24. The van der Waals surface area contributed by atoms with E-state index in [1.165, 1.54) is 0 Å². The number of hydrogen-bond acceptors (Lipinski definition) is 3. The van der Waals surface area contributed by atoms with E-state index in [-0.39, 0.29) is 5.75 Å². The van der Waals surface area contributed by atoms with E-state index in [0.717, 1.165) is 12.2 Å². The van der Waals surface area contributed by atoms with E-state index in [2.05, 4.69) is 4.72 Å². The van der Waals surface area contributed by atoms with Gasteiger partial charge < -0.3 is 4.74 Å². The molecule has 1 rings (SSSR count). The Morgan fingerprint density at radius 3 is 2.31 bits per heavy atom. The van der Waals surface area contributed by atoms with Crippen LogP contribution in [0.2, 0.25) is 0 Å². The second-order valence-corrected chi connectivity index (χ2v) is 5.39. The Bertz CT molecular complexity index is 411. The van der Waals surface area contributed by atoms with Gasteiger partial charge in [-0.05, 0) is 37.6 Å². The highest BCUT2D eigenvalue weighted by Gasteiger charge is 2.06. The molecule has 0 atom stereocenters. The van der Waals surface area contributed by atoms with E-state index in [9.17, 15) is 8.42 Å². The minimum Gasteiger partial charge on any atom is -0.494 e. The lowest BCUT2D eigenvalue weighted by Gasteiger charge is -2.07. The van der Waals surface area contributed by atoms with Gasteiger partial charge in [-0.25, -0.2) is 8.42 Å². The molecule has 1 aromatic rings. The predicted molar refractivity (Wildman–Crippen MR) is 65.3 cm³/mol. The average molecular weight is 243 g/mol. The number of benzene rings is 1. The van der Waals surface area contributed by atoms with Crippen LogP contribution in [0.1, 0.15) is 20.3 Å². The third-order valence-electron chi connectivity index (χ3n) is 1.98. The zero-order chi connectivity index (χ0) is 12.0. The number of ether oxygens (including phenoxy) is 1. The van der Waals surface area contributed by atoms with Crippen LogP contribution in [0, 0.1) is 0 Å². The quantitative estimate of drug-likeness (QED) is 0.833. The fourth-order valence-corrected chi connectivity index (χ4v) is 1.73. The molecular formula is C11H17NO3S. The number of rotatable bonds is 6. The number of anilines is 1. The third kappa shape index (κ3) is 4.10. The largest absolute Gasteiger partial charge is 0.494 e. The molecule has 0 bridgehead atoms. The maximum Gasteiger partial charge on any atom is 0.232 e. The fourth-order valence-electron chi connectivity index (χ4n) is 1.09. The summed E-state index contributed by atoms with van der Waals surface area (Å²) < 4.78 is 30.4. The van der Waals surface area contributed by atoms with Crippen LogP contribution >= 0.6 is 0 Å². The molecule has 0 aromatic heterocycles. The van der Waals surface area contributed by atoms with Crippen molar-refractivity contribution in [3.05, 3.63) is 24.3 Å². The topological polar surface area (TPSA) is 55.4 Å². The molecule has 1 N–H and O–H groups in total. The molecule has 0 saturated heterocycles. The molecule has 0 aliphatic rings. The van der Waals surface area contributed by atoms with Gasteiger partial charge in [0.25, 0.3) is 0 Å². The van der Waals surface area contributed by atoms with E-state index in [0.29, 0.717) is 12.3 Å². The Kier molecular flexibility index (Phi) is 4.61. The van der Waals surface area contributed by atoms with Crippen LogP contribution in [-0.2, 0) is 10.0 Å². The van der Waals surface area contributed by atoms with Gasteiger partial charge in [-0.1, -0.05) is 6.92 Å². The molecule has 0 radical (unpaired) electrons. The Hall–Kier alpha value is -1.23. The lowest BCUT2D eigenvalue weighted by atomic mass is 10.3. The average Bonchev–Trinajstić information content (AvgIpc) is 2.28. The third-order valence-corrected chi connectivity index (χ3v) is 3.29. The van der Waals surface area contributed by atoms with Crippen LogP contribution < -0.4 is 9.46 Å². The van der Waals surface area contributed by atoms with Gasteiger partial charge in [0.05, 0.1) is 12.4 Å². The smallest absolute Gasteiger partial charge is 0.232 e. The minimum absolute atomic E-state index is 0.0705. The SMILES string of the molecule is CCCOc1ccc(NS(=O)(=O)CC)cc1. The van der Waals surface area contributed by atoms with Crippen molar-refractivity contribution in [2.75, 3.05) is 17.1 Å². The van der Waals surface area contributed by atoms with E-state index < -0.39 is 10.0 Å². The Labute approximate surface area is 96.7 Å². The first-order chi connectivity index (χ1) is 7.57. The molecule has 0 unspecified atom stereocenters. The highest BCUT2D eigenvalue weighted by atomic mass is 32.2. The Morgan fingerprint density at radius 2 is 1.81 bits per heavy atom. The molecule has 0 amide bonds. The van der Waals surface area contributed by atoms with Crippen LogP contribution in [0.25, 0.3) is 0 Å². The summed E-state index contributed by atoms with van der Waals surface area (Å²) >= 11 is 0. The van der Waals surface area contributed by atoms with Gasteiger partial charge >= 0.3 is 0 Å². The maximum atomic E-state index is 11.3. The van der Waals surface area contributed by atoms with Crippen molar-refractivity contribution < 1.29 is 13.2 Å². The molecule has 0 saturated carbocycles. The molecule has 5 heteroatoms. The number of nitrogens with one attached hydrogen (secondary N) is 1. The van der Waals surface area contributed by atoms with E-state index in [1.807, 2.05) is 6.92 Å². The van der Waals surface area contributed by atoms with Gasteiger partial charge in [0.2, 0.25) is 10.0 Å². The van der Waals surface area contributed by atoms with Gasteiger partial charge in [-0.2, -0.15) is 0 Å². The summed E-state index contributed by atoms with van der Waals surface area (Å²) in [6.07, 6.45) is 0.949. The van der Waals surface area contributed by atoms with Gasteiger partial charge in [-0.3, -0.25) is 4.72 Å². The lowest BCUT2D eigenvalue weighted by molar-refractivity contribution is 0.317. The Balaban J connectivity index is 2.65. The van der Waals surface area contributed by atoms with Crippen molar-refractivity contribution in [1.29, 1.82) is 0 Å². The second-order valence-electron chi connectivity index (χ2n) is 3.38. The molecule has 16 heavy (non-hydrogen) atoms. The highest BCUT2D eigenvalue weighted by molar-refractivity contribution is 7.92. The zero-order valence-electron chi connectivity index (χ0n) is 9.56. The van der Waals surface area contributed by atoms with Crippen LogP contribution in [0.5, 0.6) is 5.75 Å². The molecule has 90 valence electrons. The summed E-state index contributed by atoms with van der Waals surface area (Å²) in [6, 6.07) is 6.89. The minimum atomic E-state index is -3.19. The van der Waals surface area contributed by atoms with Crippen LogP contribution in [0.3, 0.4) is 0 Å².